The fourth-order valence-electron chi connectivity index (χ4n) is 4.42. The first-order valence-electron chi connectivity index (χ1n) is 13.6. The number of nitrogens with zero attached hydrogens (tertiary/aromatic N) is 2. The van der Waals surface area contributed by atoms with Gasteiger partial charge in [0.25, 0.3) is 0 Å². The van der Waals surface area contributed by atoms with Crippen LogP contribution in [0.2, 0.25) is 10.0 Å². The molecular formula is C31H37Cl2N3O6S. The first-order valence-corrected chi connectivity index (χ1v) is 16.2. The predicted octanol–water partition coefficient (Wildman–Crippen LogP) is 5.19. The topological polar surface area (TPSA) is 105 Å². The summed E-state index contributed by atoms with van der Waals surface area (Å²) in [5.74, 6) is -0.234. The number of carbonyl (C=O) groups is 2. The lowest BCUT2D eigenvalue weighted by atomic mass is 10.0. The number of methoxy groups -OCH3 is 2. The molecule has 0 fully saturated rings. The lowest BCUT2D eigenvalue weighted by molar-refractivity contribution is -0.140. The SMILES string of the molecule is COc1ccc(N(CC(=O)N(Cc2c(Cl)cccc2Cl)[C@H](Cc2ccccc2)C(=O)NCC(C)C)S(C)(=O)=O)c(OC)c1. The van der Waals surface area contributed by atoms with Gasteiger partial charge in [-0.25, -0.2) is 8.42 Å². The zero-order chi connectivity index (χ0) is 31.7. The molecule has 9 nitrogen and oxygen atoms in total. The number of benzene rings is 3. The van der Waals surface area contributed by atoms with Crippen molar-refractivity contribution in [3.63, 3.8) is 0 Å². The number of carbonyl (C=O) groups excluding carboxylic acids is 2. The molecule has 0 spiro atoms. The highest BCUT2D eigenvalue weighted by Gasteiger charge is 2.34. The van der Waals surface area contributed by atoms with Gasteiger partial charge >= 0.3 is 0 Å². The van der Waals surface area contributed by atoms with E-state index >= 15 is 0 Å². The molecule has 0 saturated heterocycles. The third kappa shape index (κ3) is 9.26. The number of hydrogen-bond donors (Lipinski definition) is 1. The Morgan fingerprint density at radius 1 is 0.930 bits per heavy atom. The monoisotopic (exact) mass is 649 g/mol. The van der Waals surface area contributed by atoms with Gasteiger partial charge in [0.05, 0.1) is 26.2 Å². The van der Waals surface area contributed by atoms with E-state index in [1.54, 1.807) is 24.3 Å². The summed E-state index contributed by atoms with van der Waals surface area (Å²) < 4.78 is 37.8. The van der Waals surface area contributed by atoms with Crippen molar-refractivity contribution in [1.82, 2.24) is 10.2 Å². The van der Waals surface area contributed by atoms with Crippen molar-refractivity contribution in [1.29, 1.82) is 0 Å². The number of ether oxygens (including phenoxy) is 2. The largest absolute Gasteiger partial charge is 0.497 e. The molecule has 0 unspecified atom stereocenters. The first-order chi connectivity index (χ1) is 20.3. The van der Waals surface area contributed by atoms with Gasteiger partial charge in [-0.2, -0.15) is 0 Å². The Bertz CT molecular complexity index is 1500. The van der Waals surface area contributed by atoms with Gasteiger partial charge in [-0.1, -0.05) is 73.4 Å². The molecule has 0 bridgehead atoms. The maximum Gasteiger partial charge on any atom is 0.244 e. The molecule has 0 heterocycles. The van der Waals surface area contributed by atoms with Crippen LogP contribution in [0.3, 0.4) is 0 Å². The van der Waals surface area contributed by atoms with Gasteiger partial charge in [0.2, 0.25) is 21.8 Å². The smallest absolute Gasteiger partial charge is 0.244 e. The fraction of sp³-hybridized carbons (Fsp3) is 0.355. The maximum absolute atomic E-state index is 14.3. The summed E-state index contributed by atoms with van der Waals surface area (Å²) in [6.07, 6.45) is 1.17. The van der Waals surface area contributed by atoms with Crippen LogP contribution >= 0.6 is 23.2 Å². The van der Waals surface area contributed by atoms with Crippen molar-refractivity contribution < 1.29 is 27.5 Å². The van der Waals surface area contributed by atoms with E-state index in [1.165, 1.54) is 31.3 Å². The Balaban J connectivity index is 2.13. The van der Waals surface area contributed by atoms with Crippen molar-refractivity contribution in [2.24, 2.45) is 5.92 Å². The number of hydrogen-bond acceptors (Lipinski definition) is 6. The minimum atomic E-state index is -4.00. The lowest BCUT2D eigenvalue weighted by Crippen LogP contribution is -2.53. The van der Waals surface area contributed by atoms with Gasteiger partial charge in [-0.05, 0) is 35.7 Å². The first kappa shape index (κ1) is 34.0. The van der Waals surface area contributed by atoms with E-state index in [9.17, 15) is 18.0 Å². The van der Waals surface area contributed by atoms with Crippen molar-refractivity contribution >= 4 is 50.7 Å². The Labute approximate surface area is 263 Å². The Kier molecular flexibility index (Phi) is 12.1. The second-order valence-corrected chi connectivity index (χ2v) is 13.1. The van der Waals surface area contributed by atoms with Crippen molar-refractivity contribution in [3.05, 3.63) is 87.9 Å². The molecular weight excluding hydrogens is 613 g/mol. The molecule has 0 aliphatic heterocycles. The van der Waals surface area contributed by atoms with Gasteiger partial charge in [0, 0.05) is 41.2 Å². The summed E-state index contributed by atoms with van der Waals surface area (Å²) in [5, 5.41) is 3.55. The van der Waals surface area contributed by atoms with Crippen molar-refractivity contribution in [2.45, 2.75) is 32.9 Å². The van der Waals surface area contributed by atoms with Crippen LogP contribution in [0, 0.1) is 5.92 Å². The molecule has 3 rings (SSSR count). The number of halogens is 2. The number of rotatable bonds is 14. The molecule has 1 N–H and O–H groups in total. The highest BCUT2D eigenvalue weighted by molar-refractivity contribution is 7.92. The molecule has 2 amide bonds. The average molecular weight is 651 g/mol. The normalized spacial score (nSPS) is 12.0. The molecule has 0 aliphatic rings. The number of sulfonamides is 1. The Morgan fingerprint density at radius 2 is 1.58 bits per heavy atom. The third-order valence-corrected chi connectivity index (χ3v) is 8.52. The van der Waals surface area contributed by atoms with E-state index in [1.807, 2.05) is 44.2 Å². The molecule has 1 atom stereocenters. The molecule has 43 heavy (non-hydrogen) atoms. The maximum atomic E-state index is 14.3. The molecule has 3 aromatic carbocycles. The average Bonchev–Trinajstić information content (AvgIpc) is 2.97. The van der Waals surface area contributed by atoms with Crippen LogP contribution in [-0.2, 0) is 32.6 Å². The zero-order valence-corrected chi connectivity index (χ0v) is 27.2. The van der Waals surface area contributed by atoms with Crippen LogP contribution in [0.15, 0.2) is 66.7 Å². The van der Waals surface area contributed by atoms with Gasteiger partial charge < -0.3 is 19.7 Å². The quantitative estimate of drug-likeness (QED) is 0.258. The second-order valence-electron chi connectivity index (χ2n) is 10.4. The zero-order valence-electron chi connectivity index (χ0n) is 24.8. The van der Waals surface area contributed by atoms with E-state index in [4.69, 9.17) is 32.7 Å². The van der Waals surface area contributed by atoms with Crippen LogP contribution in [0.4, 0.5) is 5.69 Å². The molecule has 232 valence electrons. The Hall–Kier alpha value is -3.47. The van der Waals surface area contributed by atoms with Crippen molar-refractivity contribution in [2.75, 3.05) is 37.9 Å². The summed E-state index contributed by atoms with van der Waals surface area (Å²) in [6, 6.07) is 17.8. The van der Waals surface area contributed by atoms with Gasteiger partial charge in [0.15, 0.2) is 0 Å². The number of amides is 2. The molecule has 0 radical (unpaired) electrons. The van der Waals surface area contributed by atoms with E-state index < -0.39 is 28.5 Å². The van der Waals surface area contributed by atoms with Gasteiger partial charge in [-0.15, -0.1) is 0 Å². The van der Waals surface area contributed by atoms with E-state index in [-0.39, 0.29) is 36.2 Å². The van der Waals surface area contributed by atoms with Crippen molar-refractivity contribution in [3.8, 4) is 11.5 Å². The minimum absolute atomic E-state index is 0.138. The van der Waals surface area contributed by atoms with Crippen LogP contribution in [-0.4, -0.2) is 64.7 Å². The van der Waals surface area contributed by atoms with E-state index in [0.29, 0.717) is 27.9 Å². The number of nitrogens with one attached hydrogen (secondary N) is 1. The molecule has 0 aromatic heterocycles. The summed E-state index contributed by atoms with van der Waals surface area (Å²) in [6.45, 7) is 3.56. The summed E-state index contributed by atoms with van der Waals surface area (Å²) in [7, 11) is -1.14. The van der Waals surface area contributed by atoms with Crippen LogP contribution in [0.25, 0.3) is 0 Å². The molecule has 0 aliphatic carbocycles. The standard InChI is InChI=1S/C31H37Cl2N3O6S/c1-21(2)18-34-31(38)28(16-22-10-7-6-8-11-22)35(19-24-25(32)12-9-13-26(24)33)30(37)20-36(43(5,39)40)27-15-14-23(41-3)17-29(27)42-4/h6-15,17,21,28H,16,18-20H2,1-5H3,(H,34,38)/t28-/m1/s1. The summed E-state index contributed by atoms with van der Waals surface area (Å²) in [4.78, 5) is 29.4. The van der Waals surface area contributed by atoms with Crippen LogP contribution < -0.4 is 19.1 Å². The summed E-state index contributed by atoms with van der Waals surface area (Å²) in [5.41, 5.74) is 1.38. The minimum Gasteiger partial charge on any atom is -0.497 e. The van der Waals surface area contributed by atoms with E-state index in [0.717, 1.165) is 16.1 Å². The van der Waals surface area contributed by atoms with E-state index in [2.05, 4.69) is 5.32 Å². The molecule has 12 heteroatoms. The molecule has 3 aromatic rings. The highest BCUT2D eigenvalue weighted by Crippen LogP contribution is 2.34. The van der Waals surface area contributed by atoms with Gasteiger partial charge in [0.1, 0.15) is 24.1 Å². The predicted molar refractivity (Wildman–Crippen MR) is 171 cm³/mol. The third-order valence-electron chi connectivity index (χ3n) is 6.68. The summed E-state index contributed by atoms with van der Waals surface area (Å²) >= 11 is 13.0. The second kappa shape index (κ2) is 15.3. The molecule has 0 saturated carbocycles. The highest BCUT2D eigenvalue weighted by atomic mass is 35.5. The van der Waals surface area contributed by atoms with Crippen LogP contribution in [0.5, 0.6) is 11.5 Å². The van der Waals surface area contributed by atoms with Crippen LogP contribution in [0.1, 0.15) is 25.0 Å². The fourth-order valence-corrected chi connectivity index (χ4v) is 5.79. The number of anilines is 1. The lowest BCUT2D eigenvalue weighted by Gasteiger charge is -2.34. The Morgan fingerprint density at radius 3 is 2.14 bits per heavy atom. The van der Waals surface area contributed by atoms with Gasteiger partial charge in [-0.3, -0.25) is 13.9 Å².